The SMILES string of the molecule is c1ccc(-c2nc(NCc3ccc(-c4cccnc4)cc3)c3ccccc3n2)cc1. The Bertz CT molecular complexity index is 1270. The first-order chi connectivity index (χ1) is 14.9. The Morgan fingerprint density at radius 2 is 1.40 bits per heavy atom. The molecule has 0 saturated heterocycles. The molecule has 0 aliphatic carbocycles. The normalized spacial score (nSPS) is 10.8. The van der Waals surface area contributed by atoms with Crippen molar-refractivity contribution in [2.75, 3.05) is 5.32 Å². The number of benzene rings is 3. The van der Waals surface area contributed by atoms with Crippen LogP contribution in [0.5, 0.6) is 0 Å². The fraction of sp³-hybridized carbons (Fsp3) is 0.0385. The molecular weight excluding hydrogens is 368 g/mol. The average molecular weight is 388 g/mol. The summed E-state index contributed by atoms with van der Waals surface area (Å²) < 4.78 is 0. The third kappa shape index (κ3) is 3.76. The lowest BCUT2D eigenvalue weighted by molar-refractivity contribution is 1.11. The van der Waals surface area contributed by atoms with Crippen molar-refractivity contribution in [3.05, 3.63) is 109 Å². The van der Waals surface area contributed by atoms with E-state index in [1.54, 1.807) is 6.20 Å². The molecule has 5 aromatic rings. The highest BCUT2D eigenvalue weighted by Gasteiger charge is 2.09. The second-order valence-electron chi connectivity index (χ2n) is 7.07. The number of hydrogen-bond acceptors (Lipinski definition) is 4. The Morgan fingerprint density at radius 3 is 2.20 bits per heavy atom. The minimum Gasteiger partial charge on any atom is -0.365 e. The lowest BCUT2D eigenvalue weighted by Gasteiger charge is -2.11. The van der Waals surface area contributed by atoms with Crippen LogP contribution < -0.4 is 5.32 Å². The monoisotopic (exact) mass is 388 g/mol. The van der Waals surface area contributed by atoms with Crippen LogP contribution in [-0.2, 0) is 6.54 Å². The molecule has 30 heavy (non-hydrogen) atoms. The third-order valence-electron chi connectivity index (χ3n) is 5.04. The summed E-state index contributed by atoms with van der Waals surface area (Å²) in [4.78, 5) is 13.8. The van der Waals surface area contributed by atoms with Gasteiger partial charge >= 0.3 is 0 Å². The van der Waals surface area contributed by atoms with Crippen LogP contribution in [0.2, 0.25) is 0 Å². The summed E-state index contributed by atoms with van der Waals surface area (Å²) >= 11 is 0. The molecule has 4 heteroatoms. The van der Waals surface area contributed by atoms with Crippen LogP contribution >= 0.6 is 0 Å². The smallest absolute Gasteiger partial charge is 0.162 e. The minimum absolute atomic E-state index is 0.683. The number of rotatable bonds is 5. The molecule has 144 valence electrons. The van der Waals surface area contributed by atoms with Crippen LogP contribution in [0.3, 0.4) is 0 Å². The van der Waals surface area contributed by atoms with Crippen molar-refractivity contribution in [1.82, 2.24) is 15.0 Å². The summed E-state index contributed by atoms with van der Waals surface area (Å²) in [5, 5.41) is 4.53. The molecule has 2 heterocycles. The van der Waals surface area contributed by atoms with Crippen molar-refractivity contribution in [2.45, 2.75) is 6.54 Å². The van der Waals surface area contributed by atoms with E-state index in [9.17, 15) is 0 Å². The predicted octanol–water partition coefficient (Wildman–Crippen LogP) is 5.97. The summed E-state index contributed by atoms with van der Waals surface area (Å²) in [6, 6.07) is 30.7. The molecule has 3 aromatic carbocycles. The number of aromatic nitrogens is 3. The molecule has 0 saturated carbocycles. The van der Waals surface area contributed by atoms with Crippen molar-refractivity contribution in [1.29, 1.82) is 0 Å². The molecule has 0 radical (unpaired) electrons. The fourth-order valence-electron chi connectivity index (χ4n) is 3.46. The van der Waals surface area contributed by atoms with E-state index in [-0.39, 0.29) is 0 Å². The van der Waals surface area contributed by atoms with Crippen LogP contribution in [0.25, 0.3) is 33.4 Å². The van der Waals surface area contributed by atoms with Gasteiger partial charge in [-0.15, -0.1) is 0 Å². The molecule has 0 amide bonds. The maximum atomic E-state index is 4.82. The molecule has 1 N–H and O–H groups in total. The van der Waals surface area contributed by atoms with Gasteiger partial charge in [-0.2, -0.15) is 0 Å². The molecule has 0 spiro atoms. The van der Waals surface area contributed by atoms with Gasteiger partial charge in [-0.25, -0.2) is 9.97 Å². The molecule has 4 nitrogen and oxygen atoms in total. The maximum Gasteiger partial charge on any atom is 0.162 e. The van der Waals surface area contributed by atoms with E-state index in [1.807, 2.05) is 60.8 Å². The Hall–Kier alpha value is -4.05. The standard InChI is InChI=1S/C26H20N4/c1-2-7-21(8-3-1)25-29-24-11-5-4-10-23(24)26(30-25)28-17-19-12-14-20(15-13-19)22-9-6-16-27-18-22/h1-16,18H,17H2,(H,28,29,30). The Morgan fingerprint density at radius 1 is 0.633 bits per heavy atom. The van der Waals surface area contributed by atoms with E-state index in [4.69, 9.17) is 9.97 Å². The van der Waals surface area contributed by atoms with Crippen LogP contribution in [-0.4, -0.2) is 15.0 Å². The number of hydrogen-bond donors (Lipinski definition) is 1. The third-order valence-corrected chi connectivity index (χ3v) is 5.04. The van der Waals surface area contributed by atoms with Crippen LogP contribution in [0.4, 0.5) is 5.82 Å². The highest BCUT2D eigenvalue weighted by molar-refractivity contribution is 5.90. The molecule has 2 aromatic heterocycles. The van der Waals surface area contributed by atoms with E-state index < -0.39 is 0 Å². The van der Waals surface area contributed by atoms with Gasteiger partial charge < -0.3 is 5.32 Å². The summed E-state index contributed by atoms with van der Waals surface area (Å²) in [5.74, 6) is 1.57. The second kappa shape index (κ2) is 8.13. The Balaban J connectivity index is 1.42. The molecule has 5 rings (SSSR count). The maximum absolute atomic E-state index is 4.82. The molecule has 0 unspecified atom stereocenters. The van der Waals surface area contributed by atoms with Crippen molar-refractivity contribution >= 4 is 16.7 Å². The van der Waals surface area contributed by atoms with Gasteiger partial charge in [-0.05, 0) is 34.9 Å². The summed E-state index contributed by atoms with van der Waals surface area (Å²) in [7, 11) is 0. The number of nitrogens with zero attached hydrogens (tertiary/aromatic N) is 3. The minimum atomic E-state index is 0.683. The zero-order valence-electron chi connectivity index (χ0n) is 16.4. The van der Waals surface area contributed by atoms with Crippen molar-refractivity contribution < 1.29 is 0 Å². The van der Waals surface area contributed by atoms with E-state index >= 15 is 0 Å². The van der Waals surface area contributed by atoms with Crippen molar-refractivity contribution in [3.63, 3.8) is 0 Å². The largest absolute Gasteiger partial charge is 0.365 e. The molecule has 0 aliphatic rings. The van der Waals surface area contributed by atoms with Gasteiger partial charge in [0.05, 0.1) is 5.52 Å². The summed E-state index contributed by atoms with van der Waals surface area (Å²) in [6.45, 7) is 0.683. The van der Waals surface area contributed by atoms with E-state index in [1.165, 1.54) is 5.56 Å². The van der Waals surface area contributed by atoms with Gasteiger partial charge in [0.25, 0.3) is 0 Å². The zero-order valence-corrected chi connectivity index (χ0v) is 16.4. The number of anilines is 1. The summed E-state index contributed by atoms with van der Waals surface area (Å²) in [6.07, 6.45) is 3.67. The average Bonchev–Trinajstić information content (AvgIpc) is 2.84. The van der Waals surface area contributed by atoms with Gasteiger partial charge in [0.1, 0.15) is 5.82 Å². The molecule has 0 atom stereocenters. The fourth-order valence-corrected chi connectivity index (χ4v) is 3.46. The van der Waals surface area contributed by atoms with Gasteiger partial charge in [-0.1, -0.05) is 72.8 Å². The lowest BCUT2D eigenvalue weighted by atomic mass is 10.1. The summed E-state index contributed by atoms with van der Waals surface area (Å²) in [5.41, 5.74) is 5.40. The van der Waals surface area contributed by atoms with Crippen LogP contribution in [0.15, 0.2) is 103 Å². The second-order valence-corrected chi connectivity index (χ2v) is 7.07. The van der Waals surface area contributed by atoms with Gasteiger partial charge in [0.2, 0.25) is 0 Å². The van der Waals surface area contributed by atoms with Gasteiger partial charge in [0.15, 0.2) is 5.82 Å². The Kier molecular flexibility index (Phi) is 4.88. The quantitative estimate of drug-likeness (QED) is 0.403. The zero-order chi connectivity index (χ0) is 20.2. The molecular formula is C26H20N4. The predicted molar refractivity (Wildman–Crippen MR) is 122 cm³/mol. The van der Waals surface area contributed by atoms with Gasteiger partial charge in [-0.3, -0.25) is 4.98 Å². The van der Waals surface area contributed by atoms with Crippen molar-refractivity contribution in [2.24, 2.45) is 0 Å². The molecule has 0 aliphatic heterocycles. The van der Waals surface area contributed by atoms with E-state index in [0.29, 0.717) is 6.54 Å². The number of fused-ring (bicyclic) bond motifs is 1. The van der Waals surface area contributed by atoms with E-state index in [0.717, 1.165) is 39.2 Å². The molecule has 0 bridgehead atoms. The first-order valence-electron chi connectivity index (χ1n) is 9.92. The Labute approximate surface area is 175 Å². The number of para-hydroxylation sites is 1. The number of pyridine rings is 1. The highest BCUT2D eigenvalue weighted by atomic mass is 15.0. The van der Waals surface area contributed by atoms with Crippen molar-refractivity contribution in [3.8, 4) is 22.5 Å². The topological polar surface area (TPSA) is 50.7 Å². The molecule has 0 fully saturated rings. The number of nitrogens with one attached hydrogen (secondary N) is 1. The van der Waals surface area contributed by atoms with Crippen LogP contribution in [0.1, 0.15) is 5.56 Å². The van der Waals surface area contributed by atoms with E-state index in [2.05, 4.69) is 46.7 Å². The highest BCUT2D eigenvalue weighted by Crippen LogP contribution is 2.25. The lowest BCUT2D eigenvalue weighted by Crippen LogP contribution is -2.04. The first kappa shape index (κ1) is 18.0. The van der Waals surface area contributed by atoms with Gasteiger partial charge in [0, 0.05) is 29.9 Å². The first-order valence-corrected chi connectivity index (χ1v) is 9.92. The van der Waals surface area contributed by atoms with Crippen LogP contribution in [0, 0.1) is 0 Å².